The molecule has 3 nitrogen and oxygen atoms in total. The van der Waals surface area contributed by atoms with Crippen LogP contribution in [0.2, 0.25) is 0 Å². The summed E-state index contributed by atoms with van der Waals surface area (Å²) >= 11 is 0. The minimum Gasteiger partial charge on any atom is -0.488 e. The van der Waals surface area contributed by atoms with Crippen molar-refractivity contribution in [2.24, 2.45) is 17.8 Å². The summed E-state index contributed by atoms with van der Waals surface area (Å²) in [7, 11) is 0. The Balaban J connectivity index is 0.000001000. The van der Waals surface area contributed by atoms with E-state index in [-0.39, 0.29) is 12.4 Å². The van der Waals surface area contributed by atoms with E-state index in [9.17, 15) is 0 Å². The smallest absolute Gasteiger partial charge is 0.138 e. The van der Waals surface area contributed by atoms with Gasteiger partial charge in [-0.25, -0.2) is 0 Å². The van der Waals surface area contributed by atoms with Crippen LogP contribution in [0.5, 0.6) is 5.75 Å². The van der Waals surface area contributed by atoms with Crippen molar-refractivity contribution in [2.75, 3.05) is 19.6 Å². The van der Waals surface area contributed by atoms with Crippen LogP contribution in [0.1, 0.15) is 12.8 Å². The van der Waals surface area contributed by atoms with Gasteiger partial charge in [0.2, 0.25) is 0 Å². The third-order valence-electron chi connectivity index (χ3n) is 4.61. The van der Waals surface area contributed by atoms with Crippen molar-refractivity contribution in [3.8, 4) is 5.75 Å². The van der Waals surface area contributed by atoms with Gasteiger partial charge in [-0.15, -0.1) is 12.4 Å². The minimum atomic E-state index is 0. The maximum absolute atomic E-state index is 6.20. The lowest BCUT2D eigenvalue weighted by Crippen LogP contribution is -2.61. The second-order valence-corrected chi connectivity index (χ2v) is 5.85. The van der Waals surface area contributed by atoms with E-state index in [0.29, 0.717) is 6.10 Å². The fourth-order valence-corrected chi connectivity index (χ4v) is 4.13. The summed E-state index contributed by atoms with van der Waals surface area (Å²) in [5.41, 5.74) is 0. The molecule has 3 saturated heterocycles. The first-order valence-electron chi connectivity index (χ1n) is 6.67. The summed E-state index contributed by atoms with van der Waals surface area (Å²) < 4.78 is 6.20. The Morgan fingerprint density at radius 3 is 2.56 bits per heavy atom. The number of hydrogen-bond acceptors (Lipinski definition) is 3. The van der Waals surface area contributed by atoms with Crippen LogP contribution < -0.4 is 4.74 Å². The molecule has 0 unspecified atom stereocenters. The standard InChI is InChI=1S/C14H18N2O.ClH/c1-2-13(6-15-3-1)17-14-11-4-10-5-12(14)9-16(7-10)8-11;/h1-3,6,10-12,14H,4-5,7-9H2;1H/t10?,11-,12-,14?;/m1./s1. The quantitative estimate of drug-likeness (QED) is 0.821. The zero-order valence-corrected chi connectivity index (χ0v) is 11.2. The zero-order chi connectivity index (χ0) is 11.2. The average molecular weight is 267 g/mol. The van der Waals surface area contributed by atoms with Gasteiger partial charge in [0.15, 0.2) is 0 Å². The lowest BCUT2D eigenvalue weighted by atomic mass is 9.66. The first-order valence-corrected chi connectivity index (χ1v) is 6.67. The van der Waals surface area contributed by atoms with E-state index in [4.69, 9.17) is 4.74 Å². The van der Waals surface area contributed by atoms with Gasteiger partial charge < -0.3 is 9.64 Å². The highest BCUT2D eigenvalue weighted by Crippen LogP contribution is 2.44. The molecule has 0 amide bonds. The predicted octanol–water partition coefficient (Wildman–Crippen LogP) is 2.22. The van der Waals surface area contributed by atoms with Crippen molar-refractivity contribution in [3.05, 3.63) is 24.5 Å². The number of piperidine rings is 3. The van der Waals surface area contributed by atoms with Gasteiger partial charge in [0.1, 0.15) is 11.9 Å². The molecule has 1 saturated carbocycles. The van der Waals surface area contributed by atoms with Crippen LogP contribution in [0.3, 0.4) is 0 Å². The molecule has 4 heterocycles. The number of rotatable bonds is 2. The third kappa shape index (κ3) is 1.99. The molecule has 2 atom stereocenters. The minimum absolute atomic E-state index is 0. The average Bonchev–Trinajstić information content (AvgIpc) is 2.34. The molecule has 1 aromatic rings. The van der Waals surface area contributed by atoms with Crippen LogP contribution in [0.15, 0.2) is 24.5 Å². The molecule has 0 N–H and O–H groups in total. The van der Waals surface area contributed by atoms with Crippen LogP contribution in [-0.4, -0.2) is 35.6 Å². The van der Waals surface area contributed by atoms with Crippen molar-refractivity contribution < 1.29 is 4.74 Å². The molecule has 98 valence electrons. The Kier molecular flexibility index (Phi) is 3.20. The first kappa shape index (κ1) is 12.2. The van der Waals surface area contributed by atoms with Crippen LogP contribution >= 0.6 is 12.4 Å². The molecule has 4 heteroatoms. The van der Waals surface area contributed by atoms with Crippen molar-refractivity contribution >= 4 is 12.4 Å². The van der Waals surface area contributed by atoms with Crippen LogP contribution in [0, 0.1) is 17.8 Å². The lowest BCUT2D eigenvalue weighted by molar-refractivity contribution is -0.0985. The van der Waals surface area contributed by atoms with Gasteiger partial charge in [-0.2, -0.15) is 0 Å². The fourth-order valence-electron chi connectivity index (χ4n) is 4.13. The van der Waals surface area contributed by atoms with E-state index >= 15 is 0 Å². The topological polar surface area (TPSA) is 25.4 Å². The number of pyridine rings is 1. The third-order valence-corrected chi connectivity index (χ3v) is 4.61. The highest BCUT2D eigenvalue weighted by Gasteiger charge is 2.48. The van der Waals surface area contributed by atoms with E-state index < -0.39 is 0 Å². The van der Waals surface area contributed by atoms with Gasteiger partial charge in [-0.3, -0.25) is 4.98 Å². The van der Waals surface area contributed by atoms with Crippen molar-refractivity contribution in [2.45, 2.75) is 18.9 Å². The highest BCUT2D eigenvalue weighted by molar-refractivity contribution is 5.85. The fraction of sp³-hybridized carbons (Fsp3) is 0.643. The molecular formula is C14H19ClN2O. The number of halogens is 1. The van der Waals surface area contributed by atoms with E-state index in [1.54, 1.807) is 6.20 Å². The van der Waals surface area contributed by atoms with Crippen molar-refractivity contribution in [1.82, 2.24) is 9.88 Å². The summed E-state index contributed by atoms with van der Waals surface area (Å²) in [6.07, 6.45) is 6.82. The molecule has 4 fully saturated rings. The number of nitrogens with zero attached hydrogens (tertiary/aromatic N) is 2. The highest BCUT2D eigenvalue weighted by atomic mass is 35.5. The van der Waals surface area contributed by atoms with Crippen LogP contribution in [0.25, 0.3) is 0 Å². The molecular weight excluding hydrogens is 248 g/mol. The normalized spacial score (nSPS) is 40.3. The van der Waals surface area contributed by atoms with E-state index in [2.05, 4.69) is 9.88 Å². The van der Waals surface area contributed by atoms with E-state index in [0.717, 1.165) is 23.5 Å². The SMILES string of the molecule is Cl.c1cncc(OC2[C@@H]3CC4C[C@@H]2CN(C4)C3)c1. The second kappa shape index (κ2) is 4.71. The monoisotopic (exact) mass is 266 g/mol. The van der Waals surface area contributed by atoms with Crippen molar-refractivity contribution in [1.29, 1.82) is 0 Å². The zero-order valence-electron chi connectivity index (χ0n) is 10.4. The van der Waals surface area contributed by atoms with Gasteiger partial charge in [0, 0.05) is 37.7 Å². The van der Waals surface area contributed by atoms with Gasteiger partial charge in [-0.1, -0.05) is 0 Å². The Bertz CT molecular complexity index is 384. The molecule has 4 aliphatic rings. The Hall–Kier alpha value is -0.800. The molecule has 1 aromatic heterocycles. The van der Waals surface area contributed by atoms with E-state index in [1.807, 2.05) is 18.3 Å². The number of hydrogen-bond donors (Lipinski definition) is 0. The Labute approximate surface area is 114 Å². The van der Waals surface area contributed by atoms with Crippen LogP contribution in [0.4, 0.5) is 0 Å². The maximum atomic E-state index is 6.20. The molecule has 18 heavy (non-hydrogen) atoms. The number of ether oxygens (including phenoxy) is 1. The van der Waals surface area contributed by atoms with Gasteiger partial charge in [-0.05, 0) is 30.9 Å². The summed E-state index contributed by atoms with van der Waals surface area (Å²) in [4.78, 5) is 6.77. The molecule has 3 aliphatic heterocycles. The predicted molar refractivity (Wildman–Crippen MR) is 72.0 cm³/mol. The van der Waals surface area contributed by atoms with Gasteiger partial charge >= 0.3 is 0 Å². The summed E-state index contributed by atoms with van der Waals surface area (Å²) in [5, 5.41) is 0. The molecule has 4 bridgehead atoms. The molecule has 1 aliphatic carbocycles. The second-order valence-electron chi connectivity index (χ2n) is 5.85. The summed E-state index contributed by atoms with van der Waals surface area (Å²) in [6.45, 7) is 3.84. The molecule has 5 rings (SSSR count). The van der Waals surface area contributed by atoms with Gasteiger partial charge in [0.25, 0.3) is 0 Å². The van der Waals surface area contributed by atoms with Crippen LogP contribution in [-0.2, 0) is 0 Å². The Morgan fingerprint density at radius 2 is 1.94 bits per heavy atom. The summed E-state index contributed by atoms with van der Waals surface area (Å²) in [6, 6.07) is 3.98. The largest absolute Gasteiger partial charge is 0.488 e. The van der Waals surface area contributed by atoms with E-state index in [1.165, 1.54) is 32.5 Å². The van der Waals surface area contributed by atoms with Crippen molar-refractivity contribution in [3.63, 3.8) is 0 Å². The molecule has 0 aromatic carbocycles. The van der Waals surface area contributed by atoms with Gasteiger partial charge in [0.05, 0.1) is 6.20 Å². The maximum Gasteiger partial charge on any atom is 0.138 e. The molecule has 0 radical (unpaired) electrons. The molecule has 0 spiro atoms. The summed E-state index contributed by atoms with van der Waals surface area (Å²) in [5.74, 6) is 3.39. The number of aromatic nitrogens is 1. The Morgan fingerprint density at radius 1 is 1.17 bits per heavy atom. The first-order chi connectivity index (χ1) is 8.38. The lowest BCUT2D eigenvalue weighted by Gasteiger charge is -2.55.